The van der Waals surface area contributed by atoms with Gasteiger partial charge in [-0.05, 0) is 134 Å². The predicted molar refractivity (Wildman–Crippen MR) is 342 cm³/mol. The second-order valence-corrected chi connectivity index (χ2v) is 32.0. The van der Waals surface area contributed by atoms with Crippen LogP contribution in [0.25, 0.3) is 0 Å². The van der Waals surface area contributed by atoms with Gasteiger partial charge >= 0.3 is 15.2 Å². The number of ether oxygens (including phenoxy) is 4. The van der Waals surface area contributed by atoms with E-state index in [0.717, 1.165) is 77.7 Å². The largest absolute Gasteiger partial charge is 0.496 e. The number of benzene rings is 8. The zero-order valence-corrected chi connectivity index (χ0v) is 52.7. The van der Waals surface area contributed by atoms with Gasteiger partial charge in [0.25, 0.3) is 0 Å². The van der Waals surface area contributed by atoms with Crippen molar-refractivity contribution in [1.82, 2.24) is 0 Å². The molecular weight excluding hydrogens is 1100 g/mol. The smallest absolute Gasteiger partial charge is 0.335 e. The second-order valence-electron chi connectivity index (χ2n) is 20.8. The van der Waals surface area contributed by atoms with Crippen LogP contribution in [0.2, 0.25) is 0 Å². The van der Waals surface area contributed by atoms with Gasteiger partial charge in [0, 0.05) is 47.9 Å². The lowest BCUT2D eigenvalue weighted by molar-refractivity contribution is 0.218. The van der Waals surface area contributed by atoms with E-state index >= 15 is 0 Å². The second kappa shape index (κ2) is 26.8. The lowest BCUT2D eigenvalue weighted by atomic mass is 9.90. The zero-order chi connectivity index (χ0) is 58.1. The Morgan fingerprint density at radius 3 is 0.732 bits per heavy atom. The third-order valence-electron chi connectivity index (χ3n) is 15.6. The fourth-order valence-electron chi connectivity index (χ4n) is 12.0. The van der Waals surface area contributed by atoms with Gasteiger partial charge in [-0.25, -0.2) is 0 Å². The van der Waals surface area contributed by atoms with Crippen molar-refractivity contribution in [3.8, 4) is 23.0 Å². The lowest BCUT2D eigenvalue weighted by Crippen LogP contribution is -2.31. The van der Waals surface area contributed by atoms with E-state index in [1.54, 1.807) is 28.4 Å². The standard InChI is InChI=1S/C68H78O10P4/c1-11-75-81(69,76-12-2)47-49-35-51-39-55-43-63(79(9,59-27-19-15-20-28-59)60-29-21-16-22-30-60)45-57(67(55)73-7)41-53-37-50(48-82(70,77-13-3)78-14-4)38-54(66(53)72-6)42-58-46-64(44-56(68(58)74-8)40-52(36-49)65(51)71-5)80(10,61-31-23-17-24-32-61)62-33-25-18-26-34-62/h15-38,43-46H,11-14,39-42,47-48H2,1-10H3/q+2. The summed E-state index contributed by atoms with van der Waals surface area (Å²) >= 11 is 0. The third kappa shape index (κ3) is 12.8. The molecule has 1 aliphatic carbocycles. The quantitative estimate of drug-likeness (QED) is 0.0609. The van der Waals surface area contributed by atoms with Crippen LogP contribution in [0.1, 0.15) is 83.3 Å². The highest BCUT2D eigenvalue weighted by atomic mass is 31.2. The molecule has 0 aromatic heterocycles. The van der Waals surface area contributed by atoms with E-state index in [-0.39, 0.29) is 38.8 Å². The summed E-state index contributed by atoms with van der Waals surface area (Å²) < 4.78 is 80.0. The SMILES string of the molecule is CCOP(=O)(Cc1cc2c(OC)c(c1)Cc1cc([P+](C)(c3ccccc3)c3ccccc3)cc(c1OC)Cc1cc(CP(=O)(OCC)OCC)cc(c1OC)Cc1cc([P+](C)(c3ccccc3)c3ccccc3)cc(c1OC)C2)OCC. The van der Waals surface area contributed by atoms with Crippen molar-refractivity contribution < 1.29 is 46.2 Å². The Kier molecular flexibility index (Phi) is 19.8. The van der Waals surface area contributed by atoms with Crippen molar-refractivity contribution in [2.45, 2.75) is 65.7 Å². The van der Waals surface area contributed by atoms with Crippen LogP contribution >= 0.6 is 29.7 Å². The van der Waals surface area contributed by atoms with Gasteiger partial charge in [0.1, 0.15) is 69.4 Å². The summed E-state index contributed by atoms with van der Waals surface area (Å²) in [4.78, 5) is 0. The molecule has 0 radical (unpaired) electrons. The molecule has 0 N–H and O–H groups in total. The number of hydrogen-bond acceptors (Lipinski definition) is 10. The topological polar surface area (TPSA) is 108 Å². The van der Waals surface area contributed by atoms with Gasteiger partial charge in [-0.15, -0.1) is 0 Å². The van der Waals surface area contributed by atoms with E-state index in [9.17, 15) is 9.13 Å². The molecule has 8 aromatic carbocycles. The molecular formula is C68H78O10P4+2. The first-order chi connectivity index (χ1) is 39.7. The molecule has 0 saturated heterocycles. The average Bonchev–Trinajstić information content (AvgIpc) is 3.61. The maximum absolute atomic E-state index is 14.7. The van der Waals surface area contributed by atoms with Gasteiger partial charge in [0.2, 0.25) is 0 Å². The Morgan fingerprint density at radius 2 is 0.537 bits per heavy atom. The van der Waals surface area contributed by atoms with Crippen LogP contribution in [0.4, 0.5) is 0 Å². The van der Waals surface area contributed by atoms with Crippen LogP contribution in [0.3, 0.4) is 0 Å². The van der Waals surface area contributed by atoms with Crippen LogP contribution in [0.15, 0.2) is 170 Å². The maximum Gasteiger partial charge on any atom is 0.335 e. The summed E-state index contributed by atoms with van der Waals surface area (Å²) in [6.45, 7) is 13.1. The van der Waals surface area contributed by atoms with Gasteiger partial charge in [-0.2, -0.15) is 0 Å². The fraction of sp³-hybridized carbons (Fsp3) is 0.294. The minimum Gasteiger partial charge on any atom is -0.496 e. The molecule has 14 heteroatoms. The van der Waals surface area contributed by atoms with Gasteiger partial charge in [0.05, 0.1) is 80.5 Å². The van der Waals surface area contributed by atoms with E-state index in [0.29, 0.717) is 37.2 Å². The molecule has 8 aromatic rings. The first kappa shape index (κ1) is 60.7. The molecule has 82 heavy (non-hydrogen) atoms. The van der Waals surface area contributed by atoms with Crippen LogP contribution in [0, 0.1) is 0 Å². The summed E-state index contributed by atoms with van der Waals surface area (Å²) in [5.74, 6) is 2.85. The summed E-state index contributed by atoms with van der Waals surface area (Å²) in [6, 6.07) is 60.8. The van der Waals surface area contributed by atoms with Crippen molar-refractivity contribution in [3.05, 3.63) is 225 Å². The number of methoxy groups -OCH3 is 4. The zero-order valence-electron chi connectivity index (χ0n) is 49.1. The van der Waals surface area contributed by atoms with Crippen LogP contribution in [-0.4, -0.2) is 68.2 Å². The molecule has 1 aliphatic rings. The predicted octanol–water partition coefficient (Wildman–Crippen LogP) is 13.8. The van der Waals surface area contributed by atoms with E-state index < -0.39 is 29.7 Å². The van der Waals surface area contributed by atoms with E-state index in [2.05, 4.69) is 183 Å². The van der Waals surface area contributed by atoms with Gasteiger partial charge < -0.3 is 37.0 Å². The average molecular weight is 1180 g/mol. The first-order valence-electron chi connectivity index (χ1n) is 28.2. The van der Waals surface area contributed by atoms with Crippen LogP contribution in [-0.2, 0) is 65.2 Å². The van der Waals surface area contributed by atoms with E-state index in [4.69, 9.17) is 37.0 Å². The molecule has 0 fully saturated rings. The van der Waals surface area contributed by atoms with E-state index in [1.807, 2.05) is 27.7 Å². The van der Waals surface area contributed by atoms with Crippen molar-refractivity contribution in [3.63, 3.8) is 0 Å². The number of hydrogen-bond donors (Lipinski definition) is 0. The summed E-state index contributed by atoms with van der Waals surface area (Å²) in [6.07, 6.45) is 1.64. The molecule has 8 bridgehead atoms. The molecule has 0 heterocycles. The minimum atomic E-state index is -3.61. The van der Waals surface area contributed by atoms with Crippen LogP contribution < -0.4 is 50.8 Å². The molecule has 0 amide bonds. The summed E-state index contributed by atoms with van der Waals surface area (Å²) in [5, 5.41) is 7.23. The van der Waals surface area contributed by atoms with Gasteiger partial charge in [-0.3, -0.25) is 9.13 Å². The highest BCUT2D eigenvalue weighted by Gasteiger charge is 2.43. The normalized spacial score (nSPS) is 12.9. The molecule has 10 nitrogen and oxygen atoms in total. The van der Waals surface area contributed by atoms with Gasteiger partial charge in [-0.1, -0.05) is 97.1 Å². The number of rotatable bonds is 22. The Labute approximate surface area is 487 Å². The molecule has 428 valence electrons. The minimum absolute atomic E-state index is 0.0526. The summed E-state index contributed by atoms with van der Waals surface area (Å²) in [5.41, 5.74) is 8.90. The van der Waals surface area contributed by atoms with Gasteiger partial charge in [0.15, 0.2) is 0 Å². The molecule has 0 saturated carbocycles. The lowest BCUT2D eigenvalue weighted by Gasteiger charge is -2.27. The van der Waals surface area contributed by atoms with Crippen molar-refractivity contribution in [2.75, 3.05) is 68.2 Å². The Morgan fingerprint density at radius 1 is 0.329 bits per heavy atom. The van der Waals surface area contributed by atoms with Crippen molar-refractivity contribution >= 4 is 61.5 Å². The Balaban J connectivity index is 1.41. The highest BCUT2D eigenvalue weighted by molar-refractivity contribution is 7.95. The first-order valence-corrected chi connectivity index (χ1v) is 36.1. The van der Waals surface area contributed by atoms with Crippen molar-refractivity contribution in [2.24, 2.45) is 0 Å². The molecule has 9 rings (SSSR count). The Bertz CT molecular complexity index is 3150. The molecule has 0 aliphatic heterocycles. The Hall–Kier alpha value is -5.88. The molecule has 0 spiro atoms. The third-order valence-corrected chi connectivity index (χ3v) is 27.6. The fourth-order valence-corrected chi connectivity index (χ4v) is 21.9. The number of fused-ring (bicyclic) bond motifs is 8. The summed E-state index contributed by atoms with van der Waals surface area (Å²) in [7, 11) is -5.01. The highest BCUT2D eigenvalue weighted by Crippen LogP contribution is 2.57. The van der Waals surface area contributed by atoms with Crippen molar-refractivity contribution in [1.29, 1.82) is 0 Å². The molecule has 0 unspecified atom stereocenters. The maximum atomic E-state index is 14.7. The van der Waals surface area contributed by atoms with E-state index in [1.165, 1.54) is 21.2 Å². The monoisotopic (exact) mass is 1180 g/mol. The van der Waals surface area contributed by atoms with Crippen LogP contribution in [0.5, 0.6) is 23.0 Å². The molecule has 0 atom stereocenters.